The second-order valence-electron chi connectivity index (χ2n) is 8.36. The minimum absolute atomic E-state index is 0.0239. The molecule has 2 amide bonds. The van der Waals surface area contributed by atoms with Crippen LogP contribution in [0.25, 0.3) is 10.8 Å². The number of thiophene rings is 1. The molecule has 0 saturated carbocycles. The maximum Gasteiger partial charge on any atom is 0.359 e. The van der Waals surface area contributed by atoms with Crippen LogP contribution in [0.1, 0.15) is 46.3 Å². The Morgan fingerprint density at radius 2 is 1.69 bits per heavy atom. The maximum atomic E-state index is 12.9. The van der Waals surface area contributed by atoms with Gasteiger partial charge in [-0.1, -0.05) is 44.0 Å². The quantitative estimate of drug-likeness (QED) is 0.351. The van der Waals surface area contributed by atoms with Gasteiger partial charge in [0, 0.05) is 38.1 Å². The van der Waals surface area contributed by atoms with E-state index >= 15 is 0 Å². The van der Waals surface area contributed by atoms with Crippen molar-refractivity contribution in [2.45, 2.75) is 32.7 Å². The average molecular weight is 497 g/mol. The Morgan fingerprint density at radius 3 is 2.37 bits per heavy atom. The Labute approximate surface area is 206 Å². The van der Waals surface area contributed by atoms with Gasteiger partial charge in [0.15, 0.2) is 12.3 Å². The number of carbonyl (C=O) groups is 3. The molecular formula is C25H28N4O5S. The summed E-state index contributed by atoms with van der Waals surface area (Å²) < 4.78 is 6.62. The number of hydrogen-bond acceptors (Lipinski definition) is 7. The Bertz CT molecular complexity index is 1260. The van der Waals surface area contributed by atoms with E-state index in [1.165, 1.54) is 16.0 Å². The van der Waals surface area contributed by atoms with E-state index in [2.05, 4.69) is 12.0 Å². The van der Waals surface area contributed by atoms with E-state index in [0.29, 0.717) is 48.4 Å². The van der Waals surface area contributed by atoms with E-state index in [1.807, 2.05) is 11.4 Å². The van der Waals surface area contributed by atoms with Gasteiger partial charge in [-0.05, 0) is 23.9 Å². The standard InChI is InChI=1S/C25H28N4O5S/c1-2-3-6-11-29-23(31)19-9-5-4-8-18(19)22(26-29)25(33)34-17-21(30)27-12-14-28(15-13-27)24(32)20-10-7-16-35-20/h4-5,7-10,16H,2-3,6,11-15,17H2,1H3. The Hall–Kier alpha value is -3.53. The summed E-state index contributed by atoms with van der Waals surface area (Å²) in [6.07, 6.45) is 2.72. The fourth-order valence-corrected chi connectivity index (χ4v) is 4.74. The molecule has 0 radical (unpaired) electrons. The number of ether oxygens (including phenoxy) is 1. The van der Waals surface area contributed by atoms with Crippen molar-refractivity contribution in [1.82, 2.24) is 19.6 Å². The summed E-state index contributed by atoms with van der Waals surface area (Å²) in [5.74, 6) is -1.11. The van der Waals surface area contributed by atoms with Gasteiger partial charge in [-0.25, -0.2) is 9.48 Å². The number of unbranched alkanes of at least 4 members (excludes halogenated alkanes) is 2. The zero-order valence-electron chi connectivity index (χ0n) is 19.6. The number of esters is 1. The van der Waals surface area contributed by atoms with Crippen LogP contribution in [0.3, 0.4) is 0 Å². The lowest BCUT2D eigenvalue weighted by molar-refractivity contribution is -0.136. The van der Waals surface area contributed by atoms with Crippen LogP contribution in [0.15, 0.2) is 46.6 Å². The summed E-state index contributed by atoms with van der Waals surface area (Å²) in [7, 11) is 0. The fourth-order valence-electron chi connectivity index (χ4n) is 4.05. The number of aryl methyl sites for hydroxylation is 1. The van der Waals surface area contributed by atoms with E-state index in [1.54, 1.807) is 40.1 Å². The highest BCUT2D eigenvalue weighted by atomic mass is 32.1. The molecule has 0 bridgehead atoms. The van der Waals surface area contributed by atoms with E-state index in [0.717, 1.165) is 19.3 Å². The topological polar surface area (TPSA) is 102 Å². The van der Waals surface area contributed by atoms with Gasteiger partial charge in [-0.3, -0.25) is 14.4 Å². The largest absolute Gasteiger partial charge is 0.451 e. The molecule has 35 heavy (non-hydrogen) atoms. The highest BCUT2D eigenvalue weighted by molar-refractivity contribution is 7.12. The van der Waals surface area contributed by atoms with Gasteiger partial charge in [0.2, 0.25) is 0 Å². The average Bonchev–Trinajstić information content (AvgIpc) is 3.43. The van der Waals surface area contributed by atoms with Gasteiger partial charge in [0.25, 0.3) is 17.4 Å². The molecular weight excluding hydrogens is 468 g/mol. The third kappa shape index (κ3) is 5.59. The van der Waals surface area contributed by atoms with Gasteiger partial charge in [0.1, 0.15) is 0 Å². The van der Waals surface area contributed by atoms with Crippen molar-refractivity contribution >= 4 is 39.9 Å². The predicted molar refractivity (Wildman–Crippen MR) is 133 cm³/mol. The number of carbonyl (C=O) groups excluding carboxylic acids is 3. The van der Waals surface area contributed by atoms with E-state index in [4.69, 9.17) is 4.74 Å². The van der Waals surface area contributed by atoms with Crippen molar-refractivity contribution in [3.05, 3.63) is 62.7 Å². The Kier molecular flexibility index (Phi) is 7.91. The lowest BCUT2D eigenvalue weighted by Gasteiger charge is -2.34. The normalized spacial score (nSPS) is 13.7. The van der Waals surface area contributed by atoms with Crippen LogP contribution < -0.4 is 5.56 Å². The predicted octanol–water partition coefficient (Wildman–Crippen LogP) is 2.79. The van der Waals surface area contributed by atoms with Gasteiger partial charge in [-0.2, -0.15) is 5.10 Å². The van der Waals surface area contributed by atoms with Crippen LogP contribution in [-0.4, -0.2) is 70.1 Å². The third-order valence-electron chi connectivity index (χ3n) is 6.01. The monoisotopic (exact) mass is 496 g/mol. The highest BCUT2D eigenvalue weighted by Crippen LogP contribution is 2.16. The molecule has 1 saturated heterocycles. The molecule has 3 heterocycles. The van der Waals surface area contributed by atoms with Crippen LogP contribution in [0.4, 0.5) is 0 Å². The number of piperazine rings is 1. The van der Waals surface area contributed by atoms with Crippen LogP contribution >= 0.6 is 11.3 Å². The Morgan fingerprint density at radius 1 is 0.971 bits per heavy atom. The van der Waals surface area contributed by atoms with E-state index < -0.39 is 12.6 Å². The SMILES string of the molecule is CCCCCn1nc(C(=O)OCC(=O)N2CCN(C(=O)c3cccs3)CC2)c2ccccc2c1=O. The van der Waals surface area contributed by atoms with Crippen molar-refractivity contribution in [2.24, 2.45) is 0 Å². The molecule has 3 aromatic rings. The molecule has 1 aromatic carbocycles. The molecule has 10 heteroatoms. The van der Waals surface area contributed by atoms with Crippen LogP contribution in [0.5, 0.6) is 0 Å². The first-order valence-electron chi connectivity index (χ1n) is 11.8. The molecule has 1 fully saturated rings. The van der Waals surface area contributed by atoms with Crippen molar-refractivity contribution in [3.8, 4) is 0 Å². The molecule has 184 valence electrons. The third-order valence-corrected chi connectivity index (χ3v) is 6.87. The van der Waals surface area contributed by atoms with Crippen molar-refractivity contribution in [1.29, 1.82) is 0 Å². The first-order chi connectivity index (χ1) is 17.0. The molecule has 0 atom stereocenters. The number of fused-ring (bicyclic) bond motifs is 1. The first kappa shape index (κ1) is 24.6. The molecule has 2 aromatic heterocycles. The van der Waals surface area contributed by atoms with Gasteiger partial charge >= 0.3 is 5.97 Å². The first-order valence-corrected chi connectivity index (χ1v) is 12.6. The molecule has 9 nitrogen and oxygen atoms in total. The number of aromatic nitrogens is 2. The molecule has 1 aliphatic heterocycles. The maximum absolute atomic E-state index is 12.9. The molecule has 0 aliphatic carbocycles. The number of benzene rings is 1. The van der Waals surface area contributed by atoms with E-state index in [-0.39, 0.29) is 23.1 Å². The minimum Gasteiger partial charge on any atom is -0.451 e. The van der Waals surface area contributed by atoms with Crippen LogP contribution in [0.2, 0.25) is 0 Å². The summed E-state index contributed by atoms with van der Waals surface area (Å²) in [4.78, 5) is 54.8. The smallest absolute Gasteiger partial charge is 0.359 e. The van der Waals surface area contributed by atoms with Crippen LogP contribution in [0, 0.1) is 0 Å². The second-order valence-corrected chi connectivity index (χ2v) is 9.30. The van der Waals surface area contributed by atoms with Gasteiger partial charge < -0.3 is 14.5 Å². The molecule has 1 aliphatic rings. The molecule has 0 spiro atoms. The fraction of sp³-hybridized carbons (Fsp3) is 0.400. The van der Waals surface area contributed by atoms with Crippen LogP contribution in [-0.2, 0) is 16.1 Å². The van der Waals surface area contributed by atoms with Crippen molar-refractivity contribution in [2.75, 3.05) is 32.8 Å². The molecule has 0 unspecified atom stereocenters. The molecule has 0 N–H and O–H groups in total. The summed E-state index contributed by atoms with van der Waals surface area (Å²) in [5, 5.41) is 6.93. The second kappa shape index (κ2) is 11.3. The lowest BCUT2D eigenvalue weighted by atomic mass is 10.1. The van der Waals surface area contributed by atoms with Crippen molar-refractivity contribution < 1.29 is 19.1 Å². The Balaban J connectivity index is 1.39. The number of nitrogens with zero attached hydrogens (tertiary/aromatic N) is 4. The zero-order valence-corrected chi connectivity index (χ0v) is 20.5. The summed E-state index contributed by atoms with van der Waals surface area (Å²) >= 11 is 1.39. The summed E-state index contributed by atoms with van der Waals surface area (Å²) in [6, 6.07) is 10.4. The zero-order chi connectivity index (χ0) is 24.8. The van der Waals surface area contributed by atoms with E-state index in [9.17, 15) is 19.2 Å². The van der Waals surface area contributed by atoms with Gasteiger partial charge in [0.05, 0.1) is 10.3 Å². The number of rotatable bonds is 8. The lowest BCUT2D eigenvalue weighted by Crippen LogP contribution is -2.51. The highest BCUT2D eigenvalue weighted by Gasteiger charge is 2.26. The summed E-state index contributed by atoms with van der Waals surface area (Å²) in [6.45, 7) is 3.64. The minimum atomic E-state index is -0.745. The number of amides is 2. The summed E-state index contributed by atoms with van der Waals surface area (Å²) in [5.41, 5.74) is -0.227. The number of hydrogen-bond donors (Lipinski definition) is 0. The van der Waals surface area contributed by atoms with Crippen molar-refractivity contribution in [3.63, 3.8) is 0 Å². The van der Waals surface area contributed by atoms with Gasteiger partial charge in [-0.15, -0.1) is 11.3 Å². The molecule has 4 rings (SSSR count).